The van der Waals surface area contributed by atoms with E-state index in [9.17, 15) is 22.3 Å². The molecule has 0 saturated carbocycles. The molecule has 1 unspecified atom stereocenters. The first-order valence-electron chi connectivity index (χ1n) is 8.45. The number of nitrogens with one attached hydrogen (secondary N) is 4. The lowest BCUT2D eigenvalue weighted by Gasteiger charge is -2.19. The summed E-state index contributed by atoms with van der Waals surface area (Å²) in [6.45, 7) is -0.638. The van der Waals surface area contributed by atoms with Crippen molar-refractivity contribution in [3.8, 4) is 0 Å². The molecule has 0 aromatic heterocycles. The zero-order valence-electron chi connectivity index (χ0n) is 15.3. The second-order valence-corrected chi connectivity index (χ2v) is 8.42. The molecule has 8 nitrogen and oxygen atoms in total. The third-order valence-electron chi connectivity index (χ3n) is 3.79. The minimum Gasteiger partial charge on any atom is -0.394 e. The fraction of sp³-hybridized carbons (Fsp3) is 0.294. The highest BCUT2D eigenvalue weighted by Gasteiger charge is 2.18. The topological polar surface area (TPSA) is 123 Å². The van der Waals surface area contributed by atoms with E-state index in [0.717, 1.165) is 12.1 Å². The first-order chi connectivity index (χ1) is 13.6. The molecule has 12 heteroatoms. The Morgan fingerprint density at radius 2 is 1.83 bits per heavy atom. The van der Waals surface area contributed by atoms with Crippen molar-refractivity contribution < 1.29 is 27.4 Å². The van der Waals surface area contributed by atoms with E-state index in [1.165, 1.54) is 19.2 Å². The molecule has 160 valence electrons. The first kappa shape index (κ1) is 23.3. The van der Waals surface area contributed by atoms with Gasteiger partial charge in [-0.05, 0) is 36.8 Å². The number of benzene rings is 2. The van der Waals surface area contributed by atoms with Gasteiger partial charge in [0, 0.05) is 18.1 Å². The van der Waals surface area contributed by atoms with E-state index in [1.807, 2.05) is 0 Å². The average molecular weight is 495 g/mol. The maximum atomic E-state index is 14.2. The Morgan fingerprint density at radius 3 is 2.45 bits per heavy atom. The van der Waals surface area contributed by atoms with E-state index < -0.39 is 34.6 Å². The lowest BCUT2D eigenvalue weighted by atomic mass is 10.2. The van der Waals surface area contributed by atoms with Crippen LogP contribution in [-0.4, -0.2) is 44.9 Å². The molecule has 1 atom stereocenters. The molecule has 29 heavy (non-hydrogen) atoms. The molecule has 2 rings (SSSR count). The summed E-state index contributed by atoms with van der Waals surface area (Å²) in [7, 11) is -2.64. The molecule has 2 aromatic carbocycles. The summed E-state index contributed by atoms with van der Waals surface area (Å²) in [6, 6.07) is 6.29. The van der Waals surface area contributed by atoms with Crippen molar-refractivity contribution in [2.45, 2.75) is 12.5 Å². The molecule has 0 radical (unpaired) electrons. The van der Waals surface area contributed by atoms with Crippen molar-refractivity contribution in [2.75, 3.05) is 35.6 Å². The average Bonchev–Trinajstić information content (AvgIpc) is 2.65. The van der Waals surface area contributed by atoms with Crippen LogP contribution in [0.2, 0.25) is 0 Å². The van der Waals surface area contributed by atoms with Crippen LogP contribution in [0.5, 0.6) is 0 Å². The van der Waals surface area contributed by atoms with E-state index in [0.29, 0.717) is 4.47 Å². The molecule has 0 bridgehead atoms. The van der Waals surface area contributed by atoms with Crippen LogP contribution in [0.4, 0.5) is 31.5 Å². The van der Waals surface area contributed by atoms with Gasteiger partial charge < -0.3 is 20.8 Å². The highest BCUT2D eigenvalue weighted by molar-refractivity contribution is 9.10. The largest absolute Gasteiger partial charge is 0.394 e. The number of halogens is 3. The highest BCUT2D eigenvalue weighted by Crippen LogP contribution is 2.35. The van der Waals surface area contributed by atoms with Gasteiger partial charge in [-0.15, -0.1) is 0 Å². The SMILES string of the molecule is CNc1cc(F)cc(Nc2ccc(Br)cc2F)c1NS(=O)(=O)NCCC(O)CO. The molecule has 0 aliphatic rings. The van der Waals surface area contributed by atoms with Crippen molar-refractivity contribution >= 4 is 48.9 Å². The standard InChI is InChI=1S/C17H21BrF2N4O4S/c1-21-15-7-11(19)8-16(23-14-3-2-10(18)6-13(14)20)17(15)24-29(27,28)22-5-4-12(26)9-25/h2-3,6-8,12,21-26H,4-5,9H2,1H3. The molecule has 2 aromatic rings. The van der Waals surface area contributed by atoms with Gasteiger partial charge in [0.2, 0.25) is 0 Å². The molecule has 0 aliphatic heterocycles. The molecular formula is C17H21BrF2N4O4S. The number of hydrogen-bond donors (Lipinski definition) is 6. The molecule has 6 N–H and O–H groups in total. The van der Waals surface area contributed by atoms with Gasteiger partial charge in [-0.3, -0.25) is 4.72 Å². The fourth-order valence-electron chi connectivity index (χ4n) is 2.37. The Hall–Kier alpha value is -1.99. The Balaban J connectivity index is 2.32. The molecule has 0 saturated heterocycles. The summed E-state index contributed by atoms with van der Waals surface area (Å²) in [4.78, 5) is 0. The van der Waals surface area contributed by atoms with Crippen LogP contribution in [-0.2, 0) is 10.2 Å². The number of aliphatic hydroxyl groups excluding tert-OH is 2. The van der Waals surface area contributed by atoms with Gasteiger partial charge in [-0.1, -0.05) is 15.9 Å². The number of rotatable bonds is 10. The van der Waals surface area contributed by atoms with Gasteiger partial charge in [-0.25, -0.2) is 8.78 Å². The van der Waals surface area contributed by atoms with E-state index in [-0.39, 0.29) is 35.7 Å². The second kappa shape index (κ2) is 10.2. The summed E-state index contributed by atoms with van der Waals surface area (Å²) in [6.07, 6.45) is -1.07. The predicted molar refractivity (Wildman–Crippen MR) is 112 cm³/mol. The van der Waals surface area contributed by atoms with Crippen molar-refractivity contribution in [1.29, 1.82) is 0 Å². The smallest absolute Gasteiger partial charge is 0.299 e. The Bertz CT molecular complexity index is 963. The summed E-state index contributed by atoms with van der Waals surface area (Å²) < 4.78 is 57.8. The van der Waals surface area contributed by atoms with Gasteiger partial charge in [-0.2, -0.15) is 13.1 Å². The Morgan fingerprint density at radius 1 is 1.14 bits per heavy atom. The molecule has 0 amide bonds. The maximum absolute atomic E-state index is 14.2. The summed E-state index contributed by atoms with van der Waals surface area (Å²) in [5, 5.41) is 23.5. The molecular weight excluding hydrogens is 474 g/mol. The van der Waals surface area contributed by atoms with E-state index >= 15 is 0 Å². The van der Waals surface area contributed by atoms with Crippen molar-refractivity contribution in [2.24, 2.45) is 0 Å². The maximum Gasteiger partial charge on any atom is 0.299 e. The van der Waals surface area contributed by atoms with Gasteiger partial charge in [0.05, 0.1) is 35.5 Å². The Kier molecular flexibility index (Phi) is 8.16. The van der Waals surface area contributed by atoms with Crippen LogP contribution < -0.4 is 20.1 Å². The summed E-state index contributed by atoms with van der Waals surface area (Å²) in [5.74, 6) is -1.30. The zero-order chi connectivity index (χ0) is 21.6. The van der Waals surface area contributed by atoms with Crippen LogP contribution in [0.3, 0.4) is 0 Å². The van der Waals surface area contributed by atoms with Gasteiger partial charge >= 0.3 is 0 Å². The quantitative estimate of drug-likeness (QED) is 0.301. The second-order valence-electron chi connectivity index (χ2n) is 6.00. The summed E-state index contributed by atoms with van der Waals surface area (Å²) >= 11 is 3.14. The summed E-state index contributed by atoms with van der Waals surface area (Å²) in [5.41, 5.74) is 0.0777. The highest BCUT2D eigenvalue weighted by atomic mass is 79.9. The van der Waals surface area contributed by atoms with E-state index in [2.05, 4.69) is 36.0 Å². The normalized spacial score (nSPS) is 12.5. The van der Waals surface area contributed by atoms with Gasteiger partial charge in [0.1, 0.15) is 11.6 Å². The van der Waals surface area contributed by atoms with Crippen LogP contribution in [0.25, 0.3) is 0 Å². The zero-order valence-corrected chi connectivity index (χ0v) is 17.7. The van der Waals surface area contributed by atoms with Crippen LogP contribution in [0.15, 0.2) is 34.8 Å². The predicted octanol–water partition coefficient (Wildman–Crippen LogP) is 2.50. The van der Waals surface area contributed by atoms with E-state index in [1.54, 1.807) is 6.07 Å². The first-order valence-corrected chi connectivity index (χ1v) is 10.7. The molecule has 0 heterocycles. The number of hydrogen-bond acceptors (Lipinski definition) is 6. The minimum atomic E-state index is -4.11. The fourth-order valence-corrected chi connectivity index (χ4v) is 3.65. The molecule has 0 aliphatic carbocycles. The van der Waals surface area contributed by atoms with Gasteiger partial charge in [0.25, 0.3) is 10.2 Å². The van der Waals surface area contributed by atoms with E-state index in [4.69, 9.17) is 5.11 Å². The van der Waals surface area contributed by atoms with Crippen LogP contribution in [0.1, 0.15) is 6.42 Å². The Labute approximate surface area is 175 Å². The molecule has 0 spiro atoms. The van der Waals surface area contributed by atoms with Crippen molar-refractivity contribution in [1.82, 2.24) is 4.72 Å². The number of aliphatic hydroxyl groups is 2. The minimum absolute atomic E-state index is 0.00504. The van der Waals surface area contributed by atoms with Crippen LogP contribution >= 0.6 is 15.9 Å². The molecule has 0 fully saturated rings. The third-order valence-corrected chi connectivity index (χ3v) is 5.34. The lowest BCUT2D eigenvalue weighted by molar-refractivity contribution is 0.0895. The van der Waals surface area contributed by atoms with Crippen molar-refractivity contribution in [3.63, 3.8) is 0 Å². The third kappa shape index (κ3) is 6.78. The van der Waals surface area contributed by atoms with Gasteiger partial charge in [0.15, 0.2) is 0 Å². The van der Waals surface area contributed by atoms with Crippen LogP contribution in [0, 0.1) is 11.6 Å². The monoisotopic (exact) mass is 494 g/mol. The number of anilines is 4. The van der Waals surface area contributed by atoms with Crippen molar-refractivity contribution in [3.05, 3.63) is 46.4 Å². The lowest BCUT2D eigenvalue weighted by Crippen LogP contribution is -2.33.